The van der Waals surface area contributed by atoms with Crippen LogP contribution in [0.4, 0.5) is 0 Å². The van der Waals surface area contributed by atoms with E-state index in [0.717, 1.165) is 39.0 Å². The Morgan fingerprint density at radius 2 is 2.12 bits per heavy atom. The van der Waals surface area contributed by atoms with Gasteiger partial charge in [-0.15, -0.1) is 0 Å². The lowest BCUT2D eigenvalue weighted by Crippen LogP contribution is -2.48. The van der Waals surface area contributed by atoms with Gasteiger partial charge in [0.05, 0.1) is 13.2 Å². The first kappa shape index (κ1) is 14.9. The van der Waals surface area contributed by atoms with Gasteiger partial charge in [0.25, 0.3) is 0 Å². The van der Waals surface area contributed by atoms with Crippen LogP contribution in [0, 0.1) is 5.41 Å². The van der Waals surface area contributed by atoms with Crippen LogP contribution in [-0.2, 0) is 4.74 Å². The lowest BCUT2D eigenvalue weighted by molar-refractivity contribution is -0.0597. The molecule has 1 rings (SSSR count). The molecule has 1 atom stereocenters. The van der Waals surface area contributed by atoms with Gasteiger partial charge in [-0.25, -0.2) is 0 Å². The molecular formula is C13H27NO3. The maximum atomic E-state index is 9.64. The van der Waals surface area contributed by atoms with Crippen LogP contribution in [-0.4, -0.2) is 60.7 Å². The Bertz CT molecular complexity index is 203. The van der Waals surface area contributed by atoms with Crippen LogP contribution < -0.4 is 0 Å². The Morgan fingerprint density at radius 3 is 2.59 bits per heavy atom. The first-order valence-corrected chi connectivity index (χ1v) is 6.67. The minimum absolute atomic E-state index is 0.0992. The quantitative estimate of drug-likeness (QED) is 0.699. The second-order valence-electron chi connectivity index (χ2n) is 5.46. The summed E-state index contributed by atoms with van der Waals surface area (Å²) in [5, 5.41) is 18.6. The van der Waals surface area contributed by atoms with Crippen LogP contribution >= 0.6 is 0 Å². The average Bonchev–Trinajstić information content (AvgIpc) is 2.35. The van der Waals surface area contributed by atoms with Crippen molar-refractivity contribution in [2.24, 2.45) is 5.41 Å². The highest BCUT2D eigenvalue weighted by atomic mass is 16.5. The predicted molar refractivity (Wildman–Crippen MR) is 68.0 cm³/mol. The summed E-state index contributed by atoms with van der Waals surface area (Å²) in [6.07, 6.45) is 2.86. The smallest absolute Gasteiger partial charge is 0.0556 e. The number of nitrogens with zero attached hydrogens (tertiary/aromatic N) is 1. The molecule has 0 spiro atoms. The Hall–Kier alpha value is -0.160. The van der Waals surface area contributed by atoms with E-state index >= 15 is 0 Å². The largest absolute Gasteiger partial charge is 0.396 e. The van der Waals surface area contributed by atoms with Gasteiger partial charge in [-0.05, 0) is 33.1 Å². The molecule has 4 nitrogen and oxygen atoms in total. The van der Waals surface area contributed by atoms with Crippen molar-refractivity contribution in [2.75, 3.05) is 39.5 Å². The maximum absolute atomic E-state index is 9.64. The minimum Gasteiger partial charge on any atom is -0.396 e. The van der Waals surface area contributed by atoms with Crippen molar-refractivity contribution in [2.45, 2.75) is 39.2 Å². The fourth-order valence-corrected chi connectivity index (χ4v) is 2.43. The molecule has 102 valence electrons. The highest BCUT2D eigenvalue weighted by Crippen LogP contribution is 2.29. The number of hydrogen-bond acceptors (Lipinski definition) is 4. The summed E-state index contributed by atoms with van der Waals surface area (Å²) in [5.41, 5.74) is -0.0992. The van der Waals surface area contributed by atoms with E-state index in [9.17, 15) is 5.11 Å². The predicted octanol–water partition coefficient (Wildman–Crippen LogP) is 0.868. The van der Waals surface area contributed by atoms with E-state index in [4.69, 9.17) is 9.84 Å². The van der Waals surface area contributed by atoms with Gasteiger partial charge < -0.3 is 19.8 Å². The lowest BCUT2D eigenvalue weighted by Gasteiger charge is -2.41. The molecule has 0 saturated carbocycles. The summed E-state index contributed by atoms with van der Waals surface area (Å²) in [4.78, 5) is 2.33. The standard InChI is InChI=1S/C13H27NO3/c1-12(2)14(6-4-7-15)9-13(10-16)5-3-8-17-11-13/h12,15-16H,3-11H2,1-2H3. The molecule has 0 aliphatic carbocycles. The number of aliphatic hydroxyl groups is 2. The van der Waals surface area contributed by atoms with E-state index in [0.29, 0.717) is 12.6 Å². The molecule has 2 N–H and O–H groups in total. The second kappa shape index (κ2) is 7.31. The molecule has 0 aromatic rings. The molecule has 1 heterocycles. The van der Waals surface area contributed by atoms with Crippen LogP contribution in [0.2, 0.25) is 0 Å². The number of aliphatic hydroxyl groups excluding tert-OH is 2. The Morgan fingerprint density at radius 1 is 1.35 bits per heavy atom. The Kier molecular flexibility index (Phi) is 6.41. The SMILES string of the molecule is CC(C)N(CCCO)CC1(CO)CCCOC1. The van der Waals surface area contributed by atoms with E-state index in [1.165, 1.54) is 0 Å². The van der Waals surface area contributed by atoms with Gasteiger partial charge in [-0.1, -0.05) is 0 Å². The molecule has 0 bridgehead atoms. The first-order chi connectivity index (χ1) is 8.13. The Balaban J connectivity index is 2.55. The van der Waals surface area contributed by atoms with Gasteiger partial charge in [0, 0.05) is 37.8 Å². The van der Waals surface area contributed by atoms with Gasteiger partial charge in [0.1, 0.15) is 0 Å². The maximum Gasteiger partial charge on any atom is 0.0556 e. The zero-order chi connectivity index (χ0) is 12.7. The highest BCUT2D eigenvalue weighted by Gasteiger charge is 2.34. The van der Waals surface area contributed by atoms with E-state index in [1.807, 2.05) is 0 Å². The zero-order valence-electron chi connectivity index (χ0n) is 11.2. The van der Waals surface area contributed by atoms with Crippen molar-refractivity contribution in [3.8, 4) is 0 Å². The topological polar surface area (TPSA) is 52.9 Å². The van der Waals surface area contributed by atoms with Crippen molar-refractivity contribution in [1.29, 1.82) is 0 Å². The normalized spacial score (nSPS) is 25.8. The van der Waals surface area contributed by atoms with E-state index in [1.54, 1.807) is 0 Å². The van der Waals surface area contributed by atoms with Crippen LogP contribution in [0.1, 0.15) is 33.1 Å². The number of ether oxygens (including phenoxy) is 1. The van der Waals surface area contributed by atoms with Crippen molar-refractivity contribution < 1.29 is 14.9 Å². The molecule has 0 radical (unpaired) electrons. The average molecular weight is 245 g/mol. The van der Waals surface area contributed by atoms with E-state index in [2.05, 4.69) is 18.7 Å². The minimum atomic E-state index is -0.0992. The van der Waals surface area contributed by atoms with Gasteiger partial charge in [-0.3, -0.25) is 0 Å². The fraction of sp³-hybridized carbons (Fsp3) is 1.00. The van der Waals surface area contributed by atoms with E-state index < -0.39 is 0 Å². The molecule has 0 aromatic heterocycles. The second-order valence-corrected chi connectivity index (χ2v) is 5.46. The van der Waals surface area contributed by atoms with Gasteiger partial charge in [0.15, 0.2) is 0 Å². The lowest BCUT2D eigenvalue weighted by atomic mass is 9.82. The summed E-state index contributed by atoms with van der Waals surface area (Å²) in [6.45, 7) is 7.96. The van der Waals surface area contributed by atoms with Crippen LogP contribution in [0.15, 0.2) is 0 Å². The van der Waals surface area contributed by atoms with Gasteiger partial charge in [0.2, 0.25) is 0 Å². The molecule has 1 aliphatic heterocycles. The molecule has 4 heteroatoms. The van der Waals surface area contributed by atoms with Gasteiger partial charge in [-0.2, -0.15) is 0 Å². The van der Waals surface area contributed by atoms with Crippen LogP contribution in [0.3, 0.4) is 0 Å². The molecule has 17 heavy (non-hydrogen) atoms. The third kappa shape index (κ3) is 4.54. The summed E-state index contributed by atoms with van der Waals surface area (Å²) < 4.78 is 5.53. The zero-order valence-corrected chi connectivity index (χ0v) is 11.2. The molecule has 1 fully saturated rings. The summed E-state index contributed by atoms with van der Waals surface area (Å²) in [7, 11) is 0. The first-order valence-electron chi connectivity index (χ1n) is 6.67. The van der Waals surface area contributed by atoms with E-state index in [-0.39, 0.29) is 18.6 Å². The molecule has 1 saturated heterocycles. The molecule has 0 amide bonds. The van der Waals surface area contributed by atoms with Crippen LogP contribution in [0.25, 0.3) is 0 Å². The molecule has 1 unspecified atom stereocenters. The van der Waals surface area contributed by atoms with Gasteiger partial charge >= 0.3 is 0 Å². The molecule has 1 aliphatic rings. The third-order valence-electron chi connectivity index (χ3n) is 3.61. The van der Waals surface area contributed by atoms with Crippen LogP contribution in [0.5, 0.6) is 0 Å². The monoisotopic (exact) mass is 245 g/mol. The van der Waals surface area contributed by atoms with Crippen molar-refractivity contribution in [3.05, 3.63) is 0 Å². The Labute approximate surface area is 105 Å². The summed E-state index contributed by atoms with van der Waals surface area (Å²) in [5.74, 6) is 0. The summed E-state index contributed by atoms with van der Waals surface area (Å²) in [6, 6.07) is 0.437. The molecule has 0 aromatic carbocycles. The van der Waals surface area contributed by atoms with Crippen molar-refractivity contribution in [3.63, 3.8) is 0 Å². The number of hydrogen-bond donors (Lipinski definition) is 2. The fourth-order valence-electron chi connectivity index (χ4n) is 2.43. The van der Waals surface area contributed by atoms with Crippen molar-refractivity contribution in [1.82, 2.24) is 4.90 Å². The summed E-state index contributed by atoms with van der Waals surface area (Å²) >= 11 is 0. The number of rotatable bonds is 7. The highest BCUT2D eigenvalue weighted by molar-refractivity contribution is 4.85. The third-order valence-corrected chi connectivity index (χ3v) is 3.61. The van der Waals surface area contributed by atoms with Crippen molar-refractivity contribution >= 4 is 0 Å². The molecular weight excluding hydrogens is 218 g/mol.